The third-order valence-corrected chi connectivity index (χ3v) is 5.15. The molecular weight excluding hydrogens is 360 g/mol. The maximum absolute atomic E-state index is 13.0. The summed E-state index contributed by atoms with van der Waals surface area (Å²) >= 11 is 1.50. The number of nitrogens with zero attached hydrogens (tertiary/aromatic N) is 3. The number of benzene rings is 1. The first-order valence-electron chi connectivity index (χ1n) is 8.40. The molecule has 6 nitrogen and oxygen atoms in total. The molecule has 27 heavy (non-hydrogen) atoms. The molecule has 2 aromatic heterocycles. The van der Waals surface area contributed by atoms with Crippen LogP contribution >= 0.6 is 11.3 Å². The Labute approximate surface area is 158 Å². The van der Waals surface area contributed by atoms with Crippen LogP contribution in [0.4, 0.5) is 0 Å². The molecule has 5 rings (SSSR count). The topological polar surface area (TPSA) is 76.7 Å². The predicted molar refractivity (Wildman–Crippen MR) is 103 cm³/mol. The van der Waals surface area contributed by atoms with E-state index < -0.39 is 0 Å². The SMILES string of the molecule is O=c1c(Cc2ccco2)nc2c(-c3cncs3)[nH]c(-c3ccccc3)cn1-2. The van der Waals surface area contributed by atoms with E-state index in [1.165, 1.54) is 11.3 Å². The number of thiazole rings is 1. The summed E-state index contributed by atoms with van der Waals surface area (Å²) in [6, 6.07) is 13.5. The van der Waals surface area contributed by atoms with E-state index in [9.17, 15) is 4.79 Å². The Balaban J connectivity index is 1.74. The van der Waals surface area contributed by atoms with Crippen LogP contribution in [-0.2, 0) is 6.42 Å². The Bertz CT molecular complexity index is 1210. The number of hydrogen-bond donors (Lipinski definition) is 1. The highest BCUT2D eigenvalue weighted by molar-refractivity contribution is 7.13. The molecule has 0 bridgehead atoms. The smallest absolute Gasteiger partial charge is 0.278 e. The minimum atomic E-state index is -0.140. The van der Waals surface area contributed by atoms with Crippen molar-refractivity contribution in [1.29, 1.82) is 0 Å². The molecule has 2 aliphatic heterocycles. The van der Waals surface area contributed by atoms with Crippen LogP contribution in [-0.4, -0.2) is 19.5 Å². The second kappa shape index (κ2) is 6.37. The third kappa shape index (κ3) is 2.78. The summed E-state index contributed by atoms with van der Waals surface area (Å²) in [6.07, 6.45) is 5.53. The number of imidazole rings is 1. The summed E-state index contributed by atoms with van der Waals surface area (Å²) in [5.41, 5.74) is 4.69. The van der Waals surface area contributed by atoms with Gasteiger partial charge in [0.1, 0.15) is 17.1 Å². The summed E-state index contributed by atoms with van der Waals surface area (Å²) in [4.78, 5) is 26.1. The lowest BCUT2D eigenvalue weighted by Crippen LogP contribution is -2.16. The van der Waals surface area contributed by atoms with Gasteiger partial charge in [0.25, 0.3) is 5.56 Å². The van der Waals surface area contributed by atoms with Gasteiger partial charge in [-0.25, -0.2) is 4.98 Å². The van der Waals surface area contributed by atoms with Gasteiger partial charge in [-0.1, -0.05) is 30.3 Å². The van der Waals surface area contributed by atoms with Gasteiger partial charge in [-0.3, -0.25) is 14.3 Å². The van der Waals surface area contributed by atoms with Crippen LogP contribution in [0.1, 0.15) is 11.5 Å². The van der Waals surface area contributed by atoms with Gasteiger partial charge >= 0.3 is 0 Å². The van der Waals surface area contributed by atoms with E-state index in [4.69, 9.17) is 4.42 Å². The first kappa shape index (κ1) is 15.8. The van der Waals surface area contributed by atoms with E-state index in [-0.39, 0.29) is 5.56 Å². The van der Waals surface area contributed by atoms with Crippen molar-refractivity contribution in [3.05, 3.63) is 88.4 Å². The maximum Gasteiger partial charge on any atom is 0.278 e. The van der Waals surface area contributed by atoms with Gasteiger partial charge in [-0.05, 0) is 17.7 Å². The number of nitrogens with one attached hydrogen (secondary N) is 1. The highest BCUT2D eigenvalue weighted by Crippen LogP contribution is 2.30. The standard InChI is InChI=1S/C20H14N4O2S/c25-20-15(9-14-7-4-8-26-14)23-19-18(17-10-21-12-27-17)22-16(11-24(19)20)13-5-2-1-3-6-13/h1-8,10-12,22H,9H2. The highest BCUT2D eigenvalue weighted by Gasteiger charge is 2.22. The Morgan fingerprint density at radius 2 is 2.04 bits per heavy atom. The minimum absolute atomic E-state index is 0.140. The van der Waals surface area contributed by atoms with Gasteiger partial charge in [0.15, 0.2) is 5.82 Å². The number of furan rings is 1. The molecular formula is C20H14N4O2S. The molecule has 0 fully saturated rings. The summed E-state index contributed by atoms with van der Waals surface area (Å²) in [5.74, 6) is 1.30. The van der Waals surface area contributed by atoms with Crippen molar-refractivity contribution >= 4 is 11.3 Å². The fraction of sp³-hybridized carbons (Fsp3) is 0.0500. The Hall–Kier alpha value is -3.45. The summed E-state index contributed by atoms with van der Waals surface area (Å²) < 4.78 is 6.98. The van der Waals surface area contributed by atoms with E-state index in [2.05, 4.69) is 15.0 Å². The molecule has 132 valence electrons. The van der Waals surface area contributed by atoms with Gasteiger partial charge in [-0.15, -0.1) is 11.3 Å². The third-order valence-electron chi connectivity index (χ3n) is 4.36. The molecule has 0 amide bonds. The van der Waals surface area contributed by atoms with Gasteiger partial charge in [0, 0.05) is 12.4 Å². The normalized spacial score (nSPS) is 11.3. The number of aromatic nitrogens is 4. The lowest BCUT2D eigenvalue weighted by atomic mass is 10.1. The van der Waals surface area contributed by atoms with Crippen LogP contribution in [0.5, 0.6) is 0 Å². The zero-order chi connectivity index (χ0) is 18.2. The van der Waals surface area contributed by atoms with Crippen molar-refractivity contribution in [2.24, 2.45) is 0 Å². The fourth-order valence-corrected chi connectivity index (χ4v) is 3.70. The van der Waals surface area contributed by atoms with Crippen LogP contribution in [0, 0.1) is 0 Å². The Morgan fingerprint density at radius 1 is 1.15 bits per heavy atom. The molecule has 0 unspecified atom stereocenters. The zero-order valence-corrected chi connectivity index (χ0v) is 14.9. The van der Waals surface area contributed by atoms with Gasteiger partial charge in [-0.2, -0.15) is 0 Å². The maximum atomic E-state index is 13.0. The van der Waals surface area contributed by atoms with Crippen LogP contribution in [0.3, 0.4) is 0 Å². The van der Waals surface area contributed by atoms with Crippen molar-refractivity contribution in [2.45, 2.75) is 6.42 Å². The number of rotatable bonds is 4. The monoisotopic (exact) mass is 374 g/mol. The van der Waals surface area contributed by atoms with Crippen LogP contribution in [0.25, 0.3) is 27.6 Å². The van der Waals surface area contributed by atoms with E-state index in [1.54, 1.807) is 34.8 Å². The van der Waals surface area contributed by atoms with Crippen molar-refractivity contribution in [2.75, 3.05) is 0 Å². The van der Waals surface area contributed by atoms with E-state index in [1.807, 2.05) is 36.4 Å². The zero-order valence-electron chi connectivity index (χ0n) is 14.1. The second-order valence-corrected chi connectivity index (χ2v) is 6.97. The lowest BCUT2D eigenvalue weighted by Gasteiger charge is -2.11. The van der Waals surface area contributed by atoms with Crippen molar-refractivity contribution in [3.63, 3.8) is 0 Å². The van der Waals surface area contributed by atoms with E-state index in [0.29, 0.717) is 23.7 Å². The van der Waals surface area contributed by atoms with Gasteiger partial charge in [0.2, 0.25) is 0 Å². The molecule has 0 spiro atoms. The number of H-pyrrole nitrogens is 1. The molecule has 4 heterocycles. The predicted octanol–water partition coefficient (Wildman–Crippen LogP) is 3.97. The van der Waals surface area contributed by atoms with Gasteiger partial charge < -0.3 is 9.40 Å². The summed E-state index contributed by atoms with van der Waals surface area (Å²) in [5, 5.41) is 0. The van der Waals surface area contributed by atoms with Crippen molar-refractivity contribution in [1.82, 2.24) is 19.5 Å². The average molecular weight is 374 g/mol. The molecule has 0 radical (unpaired) electrons. The number of aromatic amines is 1. The fourth-order valence-electron chi connectivity index (χ4n) is 3.08. The largest absolute Gasteiger partial charge is 0.469 e. The lowest BCUT2D eigenvalue weighted by molar-refractivity contribution is 0.519. The average Bonchev–Trinajstić information content (AvgIpc) is 3.46. The van der Waals surface area contributed by atoms with E-state index >= 15 is 0 Å². The Kier molecular flexibility index (Phi) is 3.72. The summed E-state index contributed by atoms with van der Waals surface area (Å²) in [7, 11) is 0. The van der Waals surface area contributed by atoms with E-state index in [0.717, 1.165) is 21.8 Å². The van der Waals surface area contributed by atoms with Crippen LogP contribution in [0.2, 0.25) is 0 Å². The molecule has 0 atom stereocenters. The second-order valence-electron chi connectivity index (χ2n) is 6.09. The Morgan fingerprint density at radius 3 is 2.78 bits per heavy atom. The molecule has 7 heteroatoms. The van der Waals surface area contributed by atoms with Crippen molar-refractivity contribution < 1.29 is 4.42 Å². The first-order chi connectivity index (χ1) is 13.3. The first-order valence-corrected chi connectivity index (χ1v) is 9.28. The van der Waals surface area contributed by atoms with Gasteiger partial charge in [0.05, 0.1) is 28.8 Å². The molecule has 0 saturated heterocycles. The molecule has 1 N–H and O–H groups in total. The van der Waals surface area contributed by atoms with Crippen LogP contribution < -0.4 is 5.56 Å². The molecule has 2 aliphatic rings. The highest BCUT2D eigenvalue weighted by atomic mass is 32.1. The minimum Gasteiger partial charge on any atom is -0.469 e. The van der Waals surface area contributed by atoms with Crippen molar-refractivity contribution in [3.8, 4) is 27.6 Å². The molecule has 0 saturated carbocycles. The number of fused-ring (bicyclic) bond motifs is 1. The number of hydrogen-bond acceptors (Lipinski definition) is 5. The molecule has 0 aliphatic carbocycles. The van der Waals surface area contributed by atoms with Crippen LogP contribution in [0.15, 0.2) is 75.8 Å². The summed E-state index contributed by atoms with van der Waals surface area (Å²) in [6.45, 7) is 0. The molecule has 1 aromatic carbocycles. The quantitative estimate of drug-likeness (QED) is 0.516. The molecule has 3 aromatic rings.